The number of fused-ring (bicyclic) bond motifs is 1. The number of imidazole rings is 1. The fourth-order valence-electron chi connectivity index (χ4n) is 3.43. The molecular formula is C23H17FN4OS. The Balaban J connectivity index is 1.50. The van der Waals surface area contributed by atoms with Crippen molar-refractivity contribution >= 4 is 27.2 Å². The Morgan fingerprint density at radius 1 is 1.03 bits per heavy atom. The summed E-state index contributed by atoms with van der Waals surface area (Å²) in [4.78, 5) is 8.89. The Hall–Kier alpha value is -3.55. The van der Waals surface area contributed by atoms with E-state index in [2.05, 4.69) is 9.97 Å². The molecule has 0 saturated heterocycles. The van der Waals surface area contributed by atoms with Gasteiger partial charge in [-0.05, 0) is 54.1 Å². The molecule has 2 heterocycles. The molecule has 0 saturated carbocycles. The van der Waals surface area contributed by atoms with Crippen LogP contribution in [-0.2, 0) is 6.61 Å². The average molecular weight is 416 g/mol. The molecule has 3 aromatic carbocycles. The van der Waals surface area contributed by atoms with E-state index in [0.29, 0.717) is 5.69 Å². The lowest BCUT2D eigenvalue weighted by Crippen LogP contribution is -1.99. The summed E-state index contributed by atoms with van der Waals surface area (Å²) < 4.78 is 16.2. The number of rotatable bonds is 4. The van der Waals surface area contributed by atoms with Crippen LogP contribution in [0.2, 0.25) is 0 Å². The molecule has 0 unspecified atom stereocenters. The molecule has 0 fully saturated rings. The molecule has 0 aliphatic heterocycles. The number of benzene rings is 3. The molecule has 3 N–H and O–H groups in total. The Kier molecular flexibility index (Phi) is 4.54. The summed E-state index contributed by atoms with van der Waals surface area (Å²) in [6, 6.07) is 18.1. The van der Waals surface area contributed by atoms with Gasteiger partial charge >= 0.3 is 0 Å². The monoisotopic (exact) mass is 416 g/mol. The third kappa shape index (κ3) is 3.24. The van der Waals surface area contributed by atoms with Gasteiger partial charge < -0.3 is 10.8 Å². The number of nitrogens with two attached hydrogens (primary N) is 1. The summed E-state index contributed by atoms with van der Waals surface area (Å²) in [5, 5.41) is 10.1. The molecule has 5 nitrogen and oxygen atoms in total. The second-order valence-electron chi connectivity index (χ2n) is 6.91. The third-order valence-electron chi connectivity index (χ3n) is 4.96. The van der Waals surface area contributed by atoms with Crippen LogP contribution in [0.4, 0.5) is 10.1 Å². The van der Waals surface area contributed by atoms with Gasteiger partial charge in [-0.15, -0.1) is 11.3 Å². The van der Waals surface area contributed by atoms with Crippen LogP contribution >= 0.6 is 11.3 Å². The zero-order valence-corrected chi connectivity index (χ0v) is 16.6. The summed E-state index contributed by atoms with van der Waals surface area (Å²) in [7, 11) is 0. The van der Waals surface area contributed by atoms with Crippen LogP contribution in [-0.4, -0.2) is 19.6 Å². The quantitative estimate of drug-likeness (QED) is 0.403. The van der Waals surface area contributed by atoms with Gasteiger partial charge in [0.05, 0.1) is 35.0 Å². The first kappa shape index (κ1) is 18.5. The van der Waals surface area contributed by atoms with Gasteiger partial charge in [0.1, 0.15) is 10.8 Å². The number of nitrogens with zero attached hydrogens (tertiary/aromatic N) is 3. The molecule has 0 aliphatic carbocycles. The highest BCUT2D eigenvalue weighted by Crippen LogP contribution is 2.32. The number of halogens is 1. The maximum Gasteiger partial charge on any atom is 0.124 e. The highest BCUT2D eigenvalue weighted by atomic mass is 32.1. The standard InChI is InChI=1S/C23H17FN4OS/c24-16-4-8-20-22(10-16)30-23(27-20)15-2-5-17(6-3-15)28-13-26-11-21(28)18-7-1-14(12-29)9-19(18)25/h1-11,13,29H,12,25H2. The van der Waals surface area contributed by atoms with Gasteiger partial charge in [-0.2, -0.15) is 0 Å². The van der Waals surface area contributed by atoms with Gasteiger partial charge in [-0.3, -0.25) is 4.57 Å². The average Bonchev–Trinajstić information content (AvgIpc) is 3.40. The molecule has 7 heteroatoms. The molecule has 148 valence electrons. The maximum atomic E-state index is 13.5. The zero-order chi connectivity index (χ0) is 20.7. The van der Waals surface area contributed by atoms with Gasteiger partial charge in [-0.1, -0.05) is 12.1 Å². The molecule has 0 radical (unpaired) electrons. The molecule has 0 atom stereocenters. The fourth-order valence-corrected chi connectivity index (χ4v) is 4.43. The minimum Gasteiger partial charge on any atom is -0.398 e. The van der Waals surface area contributed by atoms with Crippen molar-refractivity contribution in [2.75, 3.05) is 5.73 Å². The second kappa shape index (κ2) is 7.37. The number of hydrogen-bond donors (Lipinski definition) is 2. The van der Waals surface area contributed by atoms with Crippen LogP contribution in [0.5, 0.6) is 0 Å². The van der Waals surface area contributed by atoms with Crippen LogP contribution in [0.1, 0.15) is 5.56 Å². The van der Waals surface area contributed by atoms with Crippen LogP contribution in [0, 0.1) is 5.82 Å². The number of anilines is 1. The van der Waals surface area contributed by atoms with Crippen molar-refractivity contribution < 1.29 is 9.50 Å². The Labute approximate surface area is 175 Å². The number of hydrogen-bond acceptors (Lipinski definition) is 5. The highest BCUT2D eigenvalue weighted by molar-refractivity contribution is 7.21. The van der Waals surface area contributed by atoms with E-state index >= 15 is 0 Å². The molecule has 0 amide bonds. The van der Waals surface area contributed by atoms with Crippen molar-refractivity contribution in [1.29, 1.82) is 0 Å². The van der Waals surface area contributed by atoms with E-state index in [9.17, 15) is 9.50 Å². The number of aliphatic hydroxyl groups excluding tert-OH is 1. The van der Waals surface area contributed by atoms with E-state index in [1.165, 1.54) is 23.5 Å². The summed E-state index contributed by atoms with van der Waals surface area (Å²) in [5.41, 5.74) is 11.9. The minimum atomic E-state index is -0.257. The number of thiazole rings is 1. The topological polar surface area (TPSA) is 77.0 Å². The Bertz CT molecular complexity index is 1360. The second-order valence-corrected chi connectivity index (χ2v) is 7.94. The van der Waals surface area contributed by atoms with E-state index in [-0.39, 0.29) is 12.4 Å². The molecule has 5 rings (SSSR count). The van der Waals surface area contributed by atoms with Gasteiger partial charge in [0, 0.05) is 22.5 Å². The first-order valence-corrected chi connectivity index (χ1v) is 10.1. The van der Waals surface area contributed by atoms with Crippen LogP contribution in [0.25, 0.3) is 37.7 Å². The number of aromatic nitrogens is 3. The lowest BCUT2D eigenvalue weighted by Gasteiger charge is -2.11. The maximum absolute atomic E-state index is 13.5. The van der Waals surface area contributed by atoms with Gasteiger partial charge in [0.2, 0.25) is 0 Å². The van der Waals surface area contributed by atoms with E-state index in [0.717, 1.165) is 43.3 Å². The molecule has 2 aromatic heterocycles. The summed E-state index contributed by atoms with van der Waals surface area (Å²) in [6.45, 7) is -0.0520. The largest absolute Gasteiger partial charge is 0.398 e. The first-order chi connectivity index (χ1) is 14.6. The molecule has 0 aliphatic rings. The van der Waals surface area contributed by atoms with Crippen LogP contribution in [0.3, 0.4) is 0 Å². The predicted molar refractivity (Wildman–Crippen MR) is 118 cm³/mol. The smallest absolute Gasteiger partial charge is 0.124 e. The number of aliphatic hydroxyl groups is 1. The van der Waals surface area contributed by atoms with Crippen molar-refractivity contribution in [2.45, 2.75) is 6.61 Å². The van der Waals surface area contributed by atoms with Gasteiger partial charge in [-0.25, -0.2) is 14.4 Å². The van der Waals surface area contributed by atoms with Crippen molar-refractivity contribution in [3.63, 3.8) is 0 Å². The number of nitrogen functional groups attached to an aromatic ring is 1. The molecular weight excluding hydrogens is 399 g/mol. The normalized spacial score (nSPS) is 11.3. The molecule has 5 aromatic rings. The summed E-state index contributed by atoms with van der Waals surface area (Å²) >= 11 is 1.47. The van der Waals surface area contributed by atoms with E-state index in [1.807, 2.05) is 41.0 Å². The van der Waals surface area contributed by atoms with E-state index in [1.54, 1.807) is 24.7 Å². The van der Waals surface area contributed by atoms with Crippen molar-refractivity contribution in [3.8, 4) is 27.5 Å². The fraction of sp³-hybridized carbons (Fsp3) is 0.0435. The van der Waals surface area contributed by atoms with Gasteiger partial charge in [0.25, 0.3) is 0 Å². The van der Waals surface area contributed by atoms with E-state index < -0.39 is 0 Å². The van der Waals surface area contributed by atoms with Gasteiger partial charge in [0.15, 0.2) is 0 Å². The third-order valence-corrected chi connectivity index (χ3v) is 6.02. The Morgan fingerprint density at radius 3 is 2.63 bits per heavy atom. The highest BCUT2D eigenvalue weighted by Gasteiger charge is 2.12. The first-order valence-electron chi connectivity index (χ1n) is 9.31. The minimum absolute atomic E-state index is 0.0520. The Morgan fingerprint density at radius 2 is 1.87 bits per heavy atom. The lowest BCUT2D eigenvalue weighted by atomic mass is 10.1. The molecule has 30 heavy (non-hydrogen) atoms. The summed E-state index contributed by atoms with van der Waals surface area (Å²) in [5.74, 6) is -0.257. The van der Waals surface area contributed by atoms with Crippen molar-refractivity contribution in [3.05, 3.63) is 84.6 Å². The lowest BCUT2D eigenvalue weighted by molar-refractivity contribution is 0.282. The summed E-state index contributed by atoms with van der Waals surface area (Å²) in [6.07, 6.45) is 3.50. The van der Waals surface area contributed by atoms with Crippen LogP contribution < -0.4 is 5.73 Å². The zero-order valence-electron chi connectivity index (χ0n) is 15.8. The SMILES string of the molecule is Nc1cc(CO)ccc1-c1cncn1-c1ccc(-c2nc3ccc(F)cc3s2)cc1. The van der Waals surface area contributed by atoms with E-state index in [4.69, 9.17) is 5.73 Å². The van der Waals surface area contributed by atoms with Crippen LogP contribution in [0.15, 0.2) is 73.2 Å². The molecule has 0 bridgehead atoms. The van der Waals surface area contributed by atoms with Crippen molar-refractivity contribution in [1.82, 2.24) is 14.5 Å². The molecule has 0 spiro atoms. The van der Waals surface area contributed by atoms with Crippen molar-refractivity contribution in [2.24, 2.45) is 0 Å². The predicted octanol–water partition coefficient (Wildman–Crippen LogP) is 5.03.